The lowest BCUT2D eigenvalue weighted by Gasteiger charge is -2.11. The van der Waals surface area contributed by atoms with Crippen molar-refractivity contribution >= 4 is 5.95 Å². The summed E-state index contributed by atoms with van der Waals surface area (Å²) in [6.07, 6.45) is -1.89. The van der Waals surface area contributed by atoms with Crippen LogP contribution in [0.5, 0.6) is 0 Å². The van der Waals surface area contributed by atoms with E-state index in [9.17, 15) is 9.90 Å². The first-order valence-electron chi connectivity index (χ1n) is 5.25. The Balaban J connectivity index is 2.34. The number of H-pyrrole nitrogens is 1. The third-order valence-electron chi connectivity index (χ3n) is 2.76. The van der Waals surface area contributed by atoms with Gasteiger partial charge in [-0.1, -0.05) is 4.98 Å². The van der Waals surface area contributed by atoms with Crippen LogP contribution in [0, 0.1) is 6.92 Å². The number of hydrogen-bond donors (Lipinski definition) is 4. The highest BCUT2D eigenvalue weighted by molar-refractivity contribution is 5.10. The Morgan fingerprint density at radius 1 is 1.71 bits per heavy atom. The number of aryl methyl sites for hydroxylation is 1. The molecule has 3 atom stereocenters. The van der Waals surface area contributed by atoms with E-state index in [1.54, 1.807) is 6.92 Å². The van der Waals surface area contributed by atoms with Crippen molar-refractivity contribution in [1.82, 2.24) is 9.97 Å². The zero-order valence-corrected chi connectivity index (χ0v) is 9.33. The molecule has 0 saturated carbocycles. The van der Waals surface area contributed by atoms with Gasteiger partial charge in [-0.15, -0.1) is 0 Å². The fraction of sp³-hybridized carbons (Fsp3) is 0.667. The van der Waals surface area contributed by atoms with E-state index in [4.69, 9.17) is 15.6 Å². The molecule has 0 aliphatic carbocycles. The zero-order chi connectivity index (χ0) is 12.6. The van der Waals surface area contributed by atoms with E-state index < -0.39 is 24.1 Å². The summed E-state index contributed by atoms with van der Waals surface area (Å²) >= 11 is 0. The molecule has 2 heterocycles. The Kier molecular flexibility index (Phi) is 3.09. The van der Waals surface area contributed by atoms with Gasteiger partial charge in [-0.05, 0) is 0 Å². The number of nitrogens with two attached hydrogens (primary N) is 1. The summed E-state index contributed by atoms with van der Waals surface area (Å²) in [4.78, 5) is 18.0. The Morgan fingerprint density at radius 3 is 2.94 bits per heavy atom. The first-order valence-corrected chi connectivity index (χ1v) is 5.25. The van der Waals surface area contributed by atoms with Gasteiger partial charge in [0, 0.05) is 13.3 Å². The minimum atomic E-state index is -0.797. The minimum absolute atomic E-state index is 0.0287. The van der Waals surface area contributed by atoms with E-state index in [1.165, 1.54) is 4.57 Å². The first-order chi connectivity index (χ1) is 8.02. The van der Waals surface area contributed by atoms with Crippen LogP contribution in [0.2, 0.25) is 0 Å². The molecule has 1 aliphatic rings. The molecule has 1 fully saturated rings. The third kappa shape index (κ3) is 2.14. The molecule has 0 amide bonds. The number of anilines is 1. The Bertz CT molecular complexity index is 475. The molecule has 0 unspecified atom stereocenters. The molecule has 1 aromatic rings. The lowest BCUT2D eigenvalue weighted by Crippen LogP contribution is -2.57. The maximum Gasteiger partial charge on any atom is 0.446 e. The highest BCUT2D eigenvalue weighted by Gasteiger charge is 2.38. The summed E-state index contributed by atoms with van der Waals surface area (Å²) < 4.78 is 6.65. The van der Waals surface area contributed by atoms with Crippen LogP contribution >= 0.6 is 0 Å². The first kappa shape index (κ1) is 12.0. The van der Waals surface area contributed by atoms with Crippen molar-refractivity contribution in [2.75, 3.05) is 12.3 Å². The van der Waals surface area contributed by atoms with Crippen LogP contribution in [-0.4, -0.2) is 39.0 Å². The largest absolute Gasteiger partial charge is 0.446 e. The molecule has 0 bridgehead atoms. The summed E-state index contributed by atoms with van der Waals surface area (Å²) in [5.41, 5.74) is 4.94. The van der Waals surface area contributed by atoms with E-state index in [-0.39, 0.29) is 19.0 Å². The second kappa shape index (κ2) is 4.40. The molecule has 0 radical (unpaired) electrons. The maximum atomic E-state index is 11.7. The normalized spacial score (nSPS) is 28.5. The number of nitrogens with zero attached hydrogens (tertiary/aromatic N) is 2. The van der Waals surface area contributed by atoms with Gasteiger partial charge in [-0.3, -0.25) is 0 Å². The Labute approximate surface area is 96.7 Å². The van der Waals surface area contributed by atoms with E-state index in [1.807, 2.05) is 0 Å². The lowest BCUT2D eigenvalue weighted by molar-refractivity contribution is -0.781. The molecule has 2 rings (SSSR count). The molecule has 94 valence electrons. The second-order valence-electron chi connectivity index (χ2n) is 3.96. The number of nitrogen functional groups attached to an aromatic ring is 1. The SMILES string of the molecule is Cc1nc(N)[nH]c(=O)[n+]1[C@H]1C[C@@H](O)[C@@H](CO)O1. The Hall–Kier alpha value is -1.51. The number of ether oxygens (including phenoxy) is 1. The summed E-state index contributed by atoms with van der Waals surface area (Å²) in [7, 11) is 0. The molecule has 8 nitrogen and oxygen atoms in total. The van der Waals surface area contributed by atoms with Gasteiger partial charge in [-0.2, -0.15) is 9.55 Å². The predicted octanol–water partition coefficient (Wildman–Crippen LogP) is -2.41. The van der Waals surface area contributed by atoms with Crippen molar-refractivity contribution in [2.45, 2.75) is 31.8 Å². The molecule has 17 heavy (non-hydrogen) atoms. The van der Waals surface area contributed by atoms with Crippen molar-refractivity contribution in [2.24, 2.45) is 0 Å². The van der Waals surface area contributed by atoms with Crippen LogP contribution in [0.15, 0.2) is 4.79 Å². The van der Waals surface area contributed by atoms with E-state index in [0.29, 0.717) is 5.82 Å². The van der Waals surface area contributed by atoms with Crippen molar-refractivity contribution in [3.05, 3.63) is 16.3 Å². The molecular formula is C9H15N4O4+. The topological polar surface area (TPSA) is 125 Å². The smallest absolute Gasteiger partial charge is 0.394 e. The molecule has 1 aromatic heterocycles. The number of hydrogen-bond acceptors (Lipinski definition) is 6. The van der Waals surface area contributed by atoms with Crippen LogP contribution in [0.3, 0.4) is 0 Å². The average Bonchev–Trinajstić information content (AvgIpc) is 2.57. The fourth-order valence-corrected chi connectivity index (χ4v) is 1.95. The average molecular weight is 243 g/mol. The van der Waals surface area contributed by atoms with Crippen LogP contribution in [-0.2, 0) is 4.74 Å². The molecular weight excluding hydrogens is 228 g/mol. The zero-order valence-electron chi connectivity index (χ0n) is 9.33. The van der Waals surface area contributed by atoms with Crippen molar-refractivity contribution in [3.63, 3.8) is 0 Å². The van der Waals surface area contributed by atoms with Crippen molar-refractivity contribution in [1.29, 1.82) is 0 Å². The highest BCUT2D eigenvalue weighted by atomic mass is 16.5. The molecule has 0 spiro atoms. The van der Waals surface area contributed by atoms with E-state index >= 15 is 0 Å². The third-order valence-corrected chi connectivity index (χ3v) is 2.76. The van der Waals surface area contributed by atoms with Crippen LogP contribution in [0.4, 0.5) is 5.95 Å². The van der Waals surface area contributed by atoms with Crippen LogP contribution in [0.25, 0.3) is 0 Å². The number of aliphatic hydroxyl groups is 2. The second-order valence-corrected chi connectivity index (χ2v) is 3.96. The highest BCUT2D eigenvalue weighted by Crippen LogP contribution is 2.23. The molecule has 1 aliphatic heterocycles. The summed E-state index contributed by atoms with van der Waals surface area (Å²) in [5.74, 6) is 0.419. The quantitative estimate of drug-likeness (QED) is 0.429. The van der Waals surface area contributed by atoms with Gasteiger partial charge >= 0.3 is 11.6 Å². The number of nitrogens with one attached hydrogen (secondary N) is 1. The fourth-order valence-electron chi connectivity index (χ4n) is 1.95. The molecule has 0 aromatic carbocycles. The number of rotatable bonds is 2. The van der Waals surface area contributed by atoms with Gasteiger partial charge in [0.2, 0.25) is 5.82 Å². The van der Waals surface area contributed by atoms with Gasteiger partial charge in [0.05, 0.1) is 12.7 Å². The number of aromatic nitrogens is 3. The number of aromatic amines is 1. The lowest BCUT2D eigenvalue weighted by atomic mass is 10.2. The Morgan fingerprint density at radius 2 is 2.41 bits per heavy atom. The summed E-state index contributed by atoms with van der Waals surface area (Å²) in [5, 5.41) is 18.6. The van der Waals surface area contributed by atoms with Gasteiger partial charge in [0.25, 0.3) is 0 Å². The minimum Gasteiger partial charge on any atom is -0.394 e. The standard InChI is InChI=1S/C9H14N4O4/c1-4-11-8(10)12-9(16)13(4)7-2-5(15)6(3-14)17-7/h5-7,14-15H,2-3H2,1H3,(H2,10,12,16)/p+1/t5-,6-,7-/m1/s1. The predicted molar refractivity (Wildman–Crippen MR) is 55.8 cm³/mol. The molecule has 1 saturated heterocycles. The van der Waals surface area contributed by atoms with Gasteiger partial charge in [0.1, 0.15) is 6.10 Å². The van der Waals surface area contributed by atoms with E-state index in [0.717, 1.165) is 0 Å². The molecule has 5 N–H and O–H groups in total. The maximum absolute atomic E-state index is 11.7. The van der Waals surface area contributed by atoms with Gasteiger partial charge in [0.15, 0.2) is 6.23 Å². The monoisotopic (exact) mass is 243 g/mol. The number of aliphatic hydroxyl groups excluding tert-OH is 2. The van der Waals surface area contributed by atoms with E-state index in [2.05, 4.69) is 9.97 Å². The van der Waals surface area contributed by atoms with Crippen LogP contribution < -0.4 is 16.0 Å². The molecule has 8 heteroatoms. The van der Waals surface area contributed by atoms with Crippen molar-refractivity contribution < 1.29 is 19.5 Å². The van der Waals surface area contributed by atoms with Crippen LogP contribution in [0.1, 0.15) is 18.5 Å². The summed E-state index contributed by atoms with van der Waals surface area (Å²) in [6.45, 7) is 1.32. The summed E-state index contributed by atoms with van der Waals surface area (Å²) in [6, 6.07) is 0. The van der Waals surface area contributed by atoms with Crippen molar-refractivity contribution in [3.8, 4) is 0 Å². The van der Waals surface area contributed by atoms with Gasteiger partial charge < -0.3 is 20.7 Å². The van der Waals surface area contributed by atoms with Gasteiger partial charge in [-0.25, -0.2) is 4.79 Å².